The van der Waals surface area contributed by atoms with Gasteiger partial charge in [0.15, 0.2) is 0 Å². The van der Waals surface area contributed by atoms with Gasteiger partial charge in [0.2, 0.25) is 0 Å². The summed E-state index contributed by atoms with van der Waals surface area (Å²) in [6.45, 7) is 0.616. The Kier molecular flexibility index (Phi) is 4.64. The number of hydrogen-bond acceptors (Lipinski definition) is 2. The molecule has 0 aliphatic carbocycles. The van der Waals surface area contributed by atoms with Gasteiger partial charge in [-0.25, -0.2) is 4.39 Å². The van der Waals surface area contributed by atoms with Crippen LogP contribution in [0.2, 0.25) is 10.0 Å². The van der Waals surface area contributed by atoms with Crippen molar-refractivity contribution in [1.29, 1.82) is 0 Å². The first-order valence-corrected chi connectivity index (χ1v) is 6.42. The highest BCUT2D eigenvalue weighted by atomic mass is 35.5. The number of para-hydroxylation sites is 1. The van der Waals surface area contributed by atoms with E-state index in [-0.39, 0.29) is 5.02 Å². The standard InChI is InChI=1S/C14H12Cl2FNO/c1-18-8-9-3-2-4-11(15)14(9)19-10-5-6-13(17)12(16)7-10/h2-7,18H,8H2,1H3. The average Bonchev–Trinajstić information content (AvgIpc) is 2.38. The van der Waals surface area contributed by atoms with Crippen molar-refractivity contribution in [3.8, 4) is 11.5 Å². The lowest BCUT2D eigenvalue weighted by molar-refractivity contribution is 0.473. The molecule has 0 aliphatic rings. The summed E-state index contributed by atoms with van der Waals surface area (Å²) in [5.74, 6) is 0.502. The summed E-state index contributed by atoms with van der Waals surface area (Å²) in [5, 5.41) is 3.54. The van der Waals surface area contributed by atoms with Crippen molar-refractivity contribution in [2.24, 2.45) is 0 Å². The third-order valence-electron chi connectivity index (χ3n) is 2.53. The van der Waals surface area contributed by atoms with Crippen LogP contribution in [0.25, 0.3) is 0 Å². The SMILES string of the molecule is CNCc1cccc(Cl)c1Oc1ccc(F)c(Cl)c1. The smallest absolute Gasteiger partial charge is 0.150 e. The van der Waals surface area contributed by atoms with E-state index >= 15 is 0 Å². The number of rotatable bonds is 4. The fourth-order valence-electron chi connectivity index (χ4n) is 1.66. The van der Waals surface area contributed by atoms with Crippen LogP contribution in [0.15, 0.2) is 36.4 Å². The molecule has 1 N–H and O–H groups in total. The average molecular weight is 300 g/mol. The van der Waals surface area contributed by atoms with Gasteiger partial charge in [0.25, 0.3) is 0 Å². The summed E-state index contributed by atoms with van der Waals surface area (Å²) in [4.78, 5) is 0. The number of benzene rings is 2. The summed E-state index contributed by atoms with van der Waals surface area (Å²) < 4.78 is 18.8. The quantitative estimate of drug-likeness (QED) is 0.888. The minimum atomic E-state index is -0.483. The molecule has 0 saturated heterocycles. The van der Waals surface area contributed by atoms with Crippen molar-refractivity contribution in [2.75, 3.05) is 7.05 Å². The molecule has 2 aromatic rings. The second kappa shape index (κ2) is 6.24. The van der Waals surface area contributed by atoms with Crippen LogP contribution in [0.4, 0.5) is 4.39 Å². The molecule has 0 amide bonds. The minimum absolute atomic E-state index is 0.0136. The highest BCUT2D eigenvalue weighted by Gasteiger charge is 2.10. The number of nitrogens with one attached hydrogen (secondary N) is 1. The monoisotopic (exact) mass is 299 g/mol. The zero-order valence-electron chi connectivity index (χ0n) is 10.2. The van der Waals surface area contributed by atoms with Crippen LogP contribution in [0.1, 0.15) is 5.56 Å². The van der Waals surface area contributed by atoms with Gasteiger partial charge in [-0.15, -0.1) is 0 Å². The Balaban J connectivity index is 2.34. The first kappa shape index (κ1) is 14.1. The summed E-state index contributed by atoms with van der Waals surface area (Å²) in [6, 6.07) is 9.67. The van der Waals surface area contributed by atoms with Gasteiger partial charge in [-0.3, -0.25) is 0 Å². The zero-order chi connectivity index (χ0) is 13.8. The molecule has 0 saturated carbocycles. The Morgan fingerprint density at radius 1 is 1.16 bits per heavy atom. The lowest BCUT2D eigenvalue weighted by Crippen LogP contribution is -2.06. The molecule has 2 rings (SSSR count). The Bertz CT molecular complexity index is 590. The van der Waals surface area contributed by atoms with Crippen LogP contribution in [-0.4, -0.2) is 7.05 Å². The highest BCUT2D eigenvalue weighted by Crippen LogP contribution is 2.34. The van der Waals surface area contributed by atoms with Gasteiger partial charge in [0.05, 0.1) is 10.0 Å². The second-order valence-corrected chi connectivity index (χ2v) is 4.75. The van der Waals surface area contributed by atoms with Gasteiger partial charge in [-0.1, -0.05) is 35.3 Å². The predicted molar refractivity (Wildman–Crippen MR) is 75.7 cm³/mol. The predicted octanol–water partition coefficient (Wildman–Crippen LogP) is 4.64. The molecule has 0 radical (unpaired) electrons. The maximum absolute atomic E-state index is 13.1. The van der Waals surface area contributed by atoms with E-state index in [2.05, 4.69) is 5.32 Å². The Morgan fingerprint density at radius 3 is 2.63 bits per heavy atom. The topological polar surface area (TPSA) is 21.3 Å². The first-order chi connectivity index (χ1) is 9.11. The molecule has 0 unspecified atom stereocenters. The van der Waals surface area contributed by atoms with Crippen molar-refractivity contribution < 1.29 is 9.13 Å². The Labute approximate surface area is 121 Å². The van der Waals surface area contributed by atoms with E-state index in [1.807, 2.05) is 19.2 Å². The molecule has 0 heterocycles. The summed E-state index contributed by atoms with van der Waals surface area (Å²) >= 11 is 11.8. The number of hydrogen-bond donors (Lipinski definition) is 1. The molecule has 0 atom stereocenters. The van der Waals surface area contributed by atoms with Crippen LogP contribution in [0, 0.1) is 5.82 Å². The van der Waals surface area contributed by atoms with Gasteiger partial charge in [0.1, 0.15) is 17.3 Å². The van der Waals surface area contributed by atoms with E-state index in [0.29, 0.717) is 23.1 Å². The minimum Gasteiger partial charge on any atom is -0.455 e. The Morgan fingerprint density at radius 2 is 1.95 bits per heavy atom. The van der Waals surface area contributed by atoms with Gasteiger partial charge in [-0.05, 0) is 25.2 Å². The largest absolute Gasteiger partial charge is 0.455 e. The van der Waals surface area contributed by atoms with Crippen molar-refractivity contribution in [3.05, 3.63) is 57.8 Å². The molecule has 100 valence electrons. The molecule has 0 aliphatic heterocycles. The fraction of sp³-hybridized carbons (Fsp3) is 0.143. The lowest BCUT2D eigenvalue weighted by Gasteiger charge is -2.13. The molecule has 2 aromatic carbocycles. The molecule has 0 bridgehead atoms. The molecule has 19 heavy (non-hydrogen) atoms. The molecule has 0 aromatic heterocycles. The first-order valence-electron chi connectivity index (χ1n) is 5.66. The molecule has 0 fully saturated rings. The van der Waals surface area contributed by atoms with Crippen molar-refractivity contribution >= 4 is 23.2 Å². The Hall–Kier alpha value is -1.29. The van der Waals surface area contributed by atoms with E-state index in [9.17, 15) is 4.39 Å². The fourth-order valence-corrected chi connectivity index (χ4v) is 2.06. The van der Waals surface area contributed by atoms with E-state index < -0.39 is 5.82 Å². The maximum Gasteiger partial charge on any atom is 0.150 e. The number of ether oxygens (including phenoxy) is 1. The molecular weight excluding hydrogens is 288 g/mol. The van der Waals surface area contributed by atoms with Crippen LogP contribution >= 0.6 is 23.2 Å². The highest BCUT2D eigenvalue weighted by molar-refractivity contribution is 6.32. The maximum atomic E-state index is 13.1. The third kappa shape index (κ3) is 3.38. The van der Waals surface area contributed by atoms with E-state index in [0.717, 1.165) is 5.56 Å². The van der Waals surface area contributed by atoms with Gasteiger partial charge < -0.3 is 10.1 Å². The van der Waals surface area contributed by atoms with Gasteiger partial charge >= 0.3 is 0 Å². The van der Waals surface area contributed by atoms with E-state index in [1.165, 1.54) is 18.2 Å². The van der Waals surface area contributed by atoms with E-state index in [1.54, 1.807) is 6.07 Å². The van der Waals surface area contributed by atoms with Crippen LogP contribution < -0.4 is 10.1 Å². The molecule has 2 nitrogen and oxygen atoms in total. The van der Waals surface area contributed by atoms with Crippen LogP contribution in [0.3, 0.4) is 0 Å². The third-order valence-corrected chi connectivity index (χ3v) is 3.11. The molecule has 5 heteroatoms. The summed E-state index contributed by atoms with van der Waals surface area (Å²) in [6.07, 6.45) is 0. The van der Waals surface area contributed by atoms with Crippen LogP contribution in [0.5, 0.6) is 11.5 Å². The normalized spacial score (nSPS) is 10.5. The van der Waals surface area contributed by atoms with Crippen molar-refractivity contribution in [3.63, 3.8) is 0 Å². The number of halogens is 3. The van der Waals surface area contributed by atoms with Gasteiger partial charge in [-0.2, -0.15) is 0 Å². The zero-order valence-corrected chi connectivity index (χ0v) is 11.7. The van der Waals surface area contributed by atoms with Crippen LogP contribution in [-0.2, 0) is 6.54 Å². The molecular formula is C14H12Cl2FNO. The second-order valence-electron chi connectivity index (χ2n) is 3.94. The molecule has 0 spiro atoms. The van der Waals surface area contributed by atoms with E-state index in [4.69, 9.17) is 27.9 Å². The lowest BCUT2D eigenvalue weighted by atomic mass is 10.2. The van der Waals surface area contributed by atoms with Crippen molar-refractivity contribution in [1.82, 2.24) is 5.32 Å². The summed E-state index contributed by atoms with van der Waals surface area (Å²) in [7, 11) is 1.83. The summed E-state index contributed by atoms with van der Waals surface area (Å²) in [5.41, 5.74) is 0.912. The van der Waals surface area contributed by atoms with Crippen molar-refractivity contribution in [2.45, 2.75) is 6.54 Å². The van der Waals surface area contributed by atoms with Gasteiger partial charge in [0, 0.05) is 18.2 Å².